The Morgan fingerprint density at radius 2 is 1.96 bits per heavy atom. The fraction of sp³-hybridized carbons (Fsp3) is 0.600. The van der Waals surface area contributed by atoms with Crippen LogP contribution in [0.4, 0.5) is 0 Å². The van der Waals surface area contributed by atoms with Gasteiger partial charge in [0.15, 0.2) is 0 Å². The minimum Gasteiger partial charge on any atom is -0.478 e. The van der Waals surface area contributed by atoms with E-state index in [2.05, 4.69) is 9.80 Å². The first kappa shape index (κ1) is 19.3. The number of aliphatic hydroxyl groups is 2. The molecular formula is C20H27N3O5. The third-order valence-corrected chi connectivity index (χ3v) is 6.22. The summed E-state index contributed by atoms with van der Waals surface area (Å²) < 4.78 is 0. The lowest BCUT2D eigenvalue weighted by Gasteiger charge is -2.61. The average molecular weight is 389 g/mol. The van der Waals surface area contributed by atoms with Crippen LogP contribution >= 0.6 is 0 Å². The Morgan fingerprint density at radius 1 is 1.18 bits per heavy atom. The highest BCUT2D eigenvalue weighted by atomic mass is 16.4. The average Bonchev–Trinajstić information content (AvgIpc) is 2.99. The second kappa shape index (κ2) is 7.44. The molecule has 4 rings (SSSR count). The molecule has 0 bridgehead atoms. The molecule has 3 aliphatic heterocycles. The van der Waals surface area contributed by atoms with Crippen molar-refractivity contribution in [3.8, 4) is 0 Å². The lowest BCUT2D eigenvalue weighted by atomic mass is 9.83. The molecular weight excluding hydrogens is 362 g/mol. The van der Waals surface area contributed by atoms with Crippen molar-refractivity contribution in [2.75, 3.05) is 39.3 Å². The fourth-order valence-electron chi connectivity index (χ4n) is 5.07. The van der Waals surface area contributed by atoms with Gasteiger partial charge in [0.2, 0.25) is 5.91 Å². The van der Waals surface area contributed by atoms with E-state index < -0.39 is 5.97 Å². The van der Waals surface area contributed by atoms with E-state index in [0.29, 0.717) is 26.2 Å². The third kappa shape index (κ3) is 3.53. The monoisotopic (exact) mass is 389 g/mol. The van der Waals surface area contributed by atoms with Crippen molar-refractivity contribution >= 4 is 11.9 Å². The van der Waals surface area contributed by atoms with Crippen molar-refractivity contribution in [2.45, 2.75) is 37.1 Å². The first-order chi connectivity index (χ1) is 13.4. The van der Waals surface area contributed by atoms with Crippen LogP contribution in [0.3, 0.4) is 0 Å². The lowest BCUT2D eigenvalue weighted by molar-refractivity contribution is -0.157. The highest BCUT2D eigenvalue weighted by molar-refractivity contribution is 5.87. The Morgan fingerprint density at radius 3 is 2.68 bits per heavy atom. The number of β-amino-alcohol motifs (C(OH)–C–C–N with tert-alkyl or cyclic N) is 1. The van der Waals surface area contributed by atoms with Crippen molar-refractivity contribution in [1.29, 1.82) is 0 Å². The van der Waals surface area contributed by atoms with Crippen LogP contribution < -0.4 is 0 Å². The molecule has 3 heterocycles. The van der Waals surface area contributed by atoms with Gasteiger partial charge in [0, 0.05) is 51.7 Å². The van der Waals surface area contributed by atoms with E-state index >= 15 is 0 Å². The van der Waals surface area contributed by atoms with Gasteiger partial charge in [0.1, 0.15) is 0 Å². The van der Waals surface area contributed by atoms with Gasteiger partial charge in [-0.1, -0.05) is 12.1 Å². The Kier molecular flexibility index (Phi) is 5.13. The molecule has 3 saturated heterocycles. The topological polar surface area (TPSA) is 105 Å². The number of aromatic carboxylic acids is 1. The van der Waals surface area contributed by atoms with Crippen molar-refractivity contribution in [3.05, 3.63) is 35.4 Å². The Bertz CT molecular complexity index is 764. The molecule has 0 unspecified atom stereocenters. The van der Waals surface area contributed by atoms with E-state index in [4.69, 9.17) is 5.11 Å². The molecule has 152 valence electrons. The van der Waals surface area contributed by atoms with Crippen LogP contribution in [0.1, 0.15) is 28.8 Å². The van der Waals surface area contributed by atoms with Crippen LogP contribution in [0.5, 0.6) is 0 Å². The maximum absolute atomic E-state index is 12.1. The number of likely N-dealkylation sites (tertiary alicyclic amines) is 1. The number of fused-ring (bicyclic) bond motifs is 2. The number of nitrogens with zero attached hydrogens (tertiary/aromatic N) is 3. The summed E-state index contributed by atoms with van der Waals surface area (Å²) in [5, 5.41) is 28.4. The van der Waals surface area contributed by atoms with Crippen LogP contribution in [0, 0.1) is 0 Å². The number of piperazine rings is 1. The summed E-state index contributed by atoms with van der Waals surface area (Å²) in [5.41, 5.74) is 1.07. The fourth-order valence-corrected chi connectivity index (χ4v) is 5.07. The summed E-state index contributed by atoms with van der Waals surface area (Å²) in [5.74, 6) is -0.963. The molecule has 1 aromatic rings. The smallest absolute Gasteiger partial charge is 0.335 e. The van der Waals surface area contributed by atoms with Gasteiger partial charge in [0.25, 0.3) is 0 Å². The zero-order chi connectivity index (χ0) is 19.9. The number of benzene rings is 1. The first-order valence-electron chi connectivity index (χ1n) is 9.78. The quantitative estimate of drug-likeness (QED) is 0.629. The standard InChI is InChI=1S/C20H27N3O5/c24-5-4-18(26)22-12-20(13-22)11-21(9-16-7-17(25)10-23(16)20)8-14-2-1-3-15(6-14)19(27)28/h1-3,6,16-17,24-25H,4-5,7-13H2,(H,27,28)/t16-,17-/m1/s1. The molecule has 1 amide bonds. The molecule has 0 aromatic heterocycles. The predicted molar refractivity (Wildman–Crippen MR) is 101 cm³/mol. The molecule has 28 heavy (non-hydrogen) atoms. The van der Waals surface area contributed by atoms with Gasteiger partial charge in [-0.05, 0) is 24.1 Å². The van der Waals surface area contributed by atoms with E-state index in [1.165, 1.54) is 0 Å². The largest absolute Gasteiger partial charge is 0.478 e. The van der Waals surface area contributed by atoms with Gasteiger partial charge in [-0.3, -0.25) is 14.6 Å². The van der Waals surface area contributed by atoms with Crippen LogP contribution in [0.15, 0.2) is 24.3 Å². The maximum Gasteiger partial charge on any atom is 0.335 e. The number of rotatable bonds is 5. The summed E-state index contributed by atoms with van der Waals surface area (Å²) in [6.45, 7) is 3.96. The van der Waals surface area contributed by atoms with Gasteiger partial charge in [-0.15, -0.1) is 0 Å². The van der Waals surface area contributed by atoms with Crippen molar-refractivity contribution in [1.82, 2.24) is 14.7 Å². The van der Waals surface area contributed by atoms with E-state index in [9.17, 15) is 19.8 Å². The highest BCUT2D eigenvalue weighted by Crippen LogP contribution is 2.39. The SMILES string of the molecule is O=C(O)c1cccc(CN2C[C@H]3C[C@@H](O)CN3C3(C2)CN(C(=O)CCO)C3)c1. The summed E-state index contributed by atoms with van der Waals surface area (Å²) >= 11 is 0. The van der Waals surface area contributed by atoms with Crippen LogP contribution in [0.2, 0.25) is 0 Å². The van der Waals surface area contributed by atoms with Gasteiger partial charge in [-0.25, -0.2) is 4.79 Å². The van der Waals surface area contributed by atoms with Crippen LogP contribution in [0.25, 0.3) is 0 Å². The molecule has 0 aliphatic carbocycles. The van der Waals surface area contributed by atoms with Gasteiger partial charge >= 0.3 is 5.97 Å². The van der Waals surface area contributed by atoms with E-state index in [-0.39, 0.29) is 42.2 Å². The summed E-state index contributed by atoms with van der Waals surface area (Å²) in [4.78, 5) is 29.8. The molecule has 0 saturated carbocycles. The summed E-state index contributed by atoms with van der Waals surface area (Å²) in [6.07, 6.45) is 0.519. The zero-order valence-electron chi connectivity index (χ0n) is 15.8. The van der Waals surface area contributed by atoms with Crippen molar-refractivity contribution < 1.29 is 24.9 Å². The number of carboxylic acid groups (broad SMARTS) is 1. The second-order valence-electron chi connectivity index (χ2n) is 8.32. The highest BCUT2D eigenvalue weighted by Gasteiger charge is 2.56. The van der Waals surface area contributed by atoms with Gasteiger partial charge in [-0.2, -0.15) is 0 Å². The third-order valence-electron chi connectivity index (χ3n) is 6.22. The molecule has 8 nitrogen and oxygen atoms in total. The molecule has 2 atom stereocenters. The number of carbonyl (C=O) groups is 2. The number of hydrogen-bond donors (Lipinski definition) is 3. The lowest BCUT2D eigenvalue weighted by Crippen LogP contribution is -2.78. The minimum atomic E-state index is -0.931. The number of carbonyl (C=O) groups excluding carboxylic acids is 1. The van der Waals surface area contributed by atoms with Crippen molar-refractivity contribution in [3.63, 3.8) is 0 Å². The maximum atomic E-state index is 12.1. The number of hydrogen-bond acceptors (Lipinski definition) is 6. The van der Waals surface area contributed by atoms with Crippen molar-refractivity contribution in [2.24, 2.45) is 0 Å². The van der Waals surface area contributed by atoms with Crippen LogP contribution in [-0.4, -0.2) is 98.9 Å². The molecule has 1 spiro atoms. The summed E-state index contributed by atoms with van der Waals surface area (Å²) in [7, 11) is 0. The van der Waals surface area contributed by atoms with E-state index in [1.54, 1.807) is 23.1 Å². The van der Waals surface area contributed by atoms with E-state index in [1.807, 2.05) is 6.07 Å². The normalized spacial score (nSPS) is 26.9. The first-order valence-corrected chi connectivity index (χ1v) is 9.78. The number of aliphatic hydroxyl groups excluding tert-OH is 2. The Labute approximate surface area is 164 Å². The molecule has 1 aromatic carbocycles. The molecule has 3 N–H and O–H groups in total. The molecule has 0 radical (unpaired) electrons. The van der Waals surface area contributed by atoms with Gasteiger partial charge in [0.05, 0.1) is 23.8 Å². The van der Waals surface area contributed by atoms with E-state index in [0.717, 1.165) is 25.1 Å². The summed E-state index contributed by atoms with van der Waals surface area (Å²) in [6, 6.07) is 7.24. The minimum absolute atomic E-state index is 0.0318. The second-order valence-corrected chi connectivity index (χ2v) is 8.32. The Balaban J connectivity index is 1.49. The van der Waals surface area contributed by atoms with Gasteiger partial charge < -0.3 is 20.2 Å². The molecule has 8 heteroatoms. The zero-order valence-corrected chi connectivity index (χ0v) is 15.8. The number of amides is 1. The Hall–Kier alpha value is -2.00. The number of carboxylic acids is 1. The molecule has 3 aliphatic rings. The predicted octanol–water partition coefficient (Wildman–Crippen LogP) is -0.401. The van der Waals surface area contributed by atoms with Crippen LogP contribution in [-0.2, 0) is 11.3 Å². The molecule has 3 fully saturated rings.